The van der Waals surface area contributed by atoms with Crippen molar-refractivity contribution in [1.82, 2.24) is 20.1 Å². The number of nitrogens with zero attached hydrogens (tertiary/aromatic N) is 3. The lowest BCUT2D eigenvalue weighted by Crippen LogP contribution is -2.29. The Hall–Kier alpha value is -1.82. The summed E-state index contributed by atoms with van der Waals surface area (Å²) >= 11 is 0. The second kappa shape index (κ2) is 5.05. The zero-order chi connectivity index (χ0) is 13.2. The Morgan fingerprint density at radius 2 is 2.16 bits per heavy atom. The average molecular weight is 264 g/mol. The van der Waals surface area contributed by atoms with Crippen molar-refractivity contribution < 1.29 is 8.78 Å². The topological polar surface area (TPSA) is 42.7 Å². The first-order chi connectivity index (χ1) is 9.25. The SMILES string of the molecule is Fc1ccc(-n2cnnc2C2CCCNC2)cc1F. The number of rotatable bonds is 2. The van der Waals surface area contributed by atoms with E-state index < -0.39 is 11.6 Å². The van der Waals surface area contributed by atoms with Crippen molar-refractivity contribution in [3.63, 3.8) is 0 Å². The van der Waals surface area contributed by atoms with Crippen LogP contribution in [0.15, 0.2) is 24.5 Å². The molecule has 4 nitrogen and oxygen atoms in total. The third-order valence-electron chi connectivity index (χ3n) is 3.42. The molecule has 0 spiro atoms. The minimum Gasteiger partial charge on any atom is -0.316 e. The highest BCUT2D eigenvalue weighted by Crippen LogP contribution is 2.24. The van der Waals surface area contributed by atoms with Gasteiger partial charge in [-0.3, -0.25) is 4.57 Å². The fourth-order valence-electron chi connectivity index (χ4n) is 2.43. The summed E-state index contributed by atoms with van der Waals surface area (Å²) in [5.41, 5.74) is 0.546. The zero-order valence-electron chi connectivity index (χ0n) is 10.3. The summed E-state index contributed by atoms with van der Waals surface area (Å²) < 4.78 is 28.0. The Balaban J connectivity index is 1.96. The smallest absolute Gasteiger partial charge is 0.160 e. The Morgan fingerprint density at radius 1 is 1.26 bits per heavy atom. The van der Waals surface area contributed by atoms with Crippen LogP contribution in [-0.4, -0.2) is 27.9 Å². The third kappa shape index (κ3) is 2.35. The molecule has 0 amide bonds. The standard InChI is InChI=1S/C13H14F2N4/c14-11-4-3-10(6-12(11)15)19-8-17-18-13(19)9-2-1-5-16-7-9/h3-4,6,8-9,16H,1-2,5,7H2. The predicted octanol–water partition coefficient (Wildman–Crippen LogP) is 2.01. The van der Waals surface area contributed by atoms with Crippen LogP contribution in [0.1, 0.15) is 24.6 Å². The molecule has 1 unspecified atom stereocenters. The summed E-state index contributed by atoms with van der Waals surface area (Å²) in [6.45, 7) is 1.85. The maximum absolute atomic E-state index is 13.3. The molecule has 0 saturated carbocycles. The maximum Gasteiger partial charge on any atom is 0.160 e. The van der Waals surface area contributed by atoms with E-state index in [1.165, 1.54) is 18.5 Å². The Kier molecular flexibility index (Phi) is 3.25. The second-order valence-corrected chi connectivity index (χ2v) is 4.70. The van der Waals surface area contributed by atoms with Gasteiger partial charge in [-0.1, -0.05) is 0 Å². The number of piperidine rings is 1. The molecular formula is C13H14F2N4. The Morgan fingerprint density at radius 3 is 2.89 bits per heavy atom. The molecule has 100 valence electrons. The molecule has 2 heterocycles. The van der Waals surface area contributed by atoms with Crippen molar-refractivity contribution in [2.75, 3.05) is 13.1 Å². The number of nitrogens with one attached hydrogen (secondary N) is 1. The van der Waals surface area contributed by atoms with Gasteiger partial charge in [-0.2, -0.15) is 0 Å². The van der Waals surface area contributed by atoms with E-state index in [1.807, 2.05) is 0 Å². The van der Waals surface area contributed by atoms with Gasteiger partial charge in [0.25, 0.3) is 0 Å². The molecule has 1 aliphatic rings. The molecule has 3 rings (SSSR count). The van der Waals surface area contributed by atoms with Gasteiger partial charge in [0.2, 0.25) is 0 Å². The lowest BCUT2D eigenvalue weighted by molar-refractivity contribution is 0.442. The van der Waals surface area contributed by atoms with E-state index in [0.29, 0.717) is 5.69 Å². The number of halogens is 2. The van der Waals surface area contributed by atoms with Crippen molar-refractivity contribution in [2.45, 2.75) is 18.8 Å². The zero-order valence-corrected chi connectivity index (χ0v) is 10.3. The van der Waals surface area contributed by atoms with Crippen LogP contribution in [0.3, 0.4) is 0 Å². The van der Waals surface area contributed by atoms with Crippen LogP contribution in [0.25, 0.3) is 5.69 Å². The summed E-state index contributed by atoms with van der Waals surface area (Å²) in [6.07, 6.45) is 3.64. The summed E-state index contributed by atoms with van der Waals surface area (Å²) in [4.78, 5) is 0. The predicted molar refractivity (Wildman–Crippen MR) is 66.1 cm³/mol. The van der Waals surface area contributed by atoms with Crippen molar-refractivity contribution in [2.24, 2.45) is 0 Å². The van der Waals surface area contributed by atoms with Gasteiger partial charge >= 0.3 is 0 Å². The van der Waals surface area contributed by atoms with Gasteiger partial charge in [0.05, 0.1) is 5.69 Å². The molecule has 1 aromatic carbocycles. The van der Waals surface area contributed by atoms with Crippen LogP contribution in [0, 0.1) is 11.6 Å². The van der Waals surface area contributed by atoms with E-state index in [-0.39, 0.29) is 5.92 Å². The first kappa shape index (κ1) is 12.2. The lowest BCUT2D eigenvalue weighted by Gasteiger charge is -2.22. The molecule has 6 heteroatoms. The fourth-order valence-corrected chi connectivity index (χ4v) is 2.43. The van der Waals surface area contributed by atoms with Gasteiger partial charge in [0.1, 0.15) is 12.2 Å². The van der Waals surface area contributed by atoms with Crippen LogP contribution in [0.2, 0.25) is 0 Å². The summed E-state index contributed by atoms with van der Waals surface area (Å²) in [5.74, 6) is -0.667. The van der Waals surface area contributed by atoms with E-state index in [0.717, 1.165) is 37.8 Å². The number of benzene rings is 1. The molecule has 1 saturated heterocycles. The Labute approximate surface area is 109 Å². The quantitative estimate of drug-likeness (QED) is 0.902. The highest BCUT2D eigenvalue weighted by atomic mass is 19.2. The van der Waals surface area contributed by atoms with Gasteiger partial charge in [-0.05, 0) is 31.5 Å². The molecule has 1 aliphatic heterocycles. The first-order valence-corrected chi connectivity index (χ1v) is 6.32. The molecule has 0 radical (unpaired) electrons. The minimum absolute atomic E-state index is 0.254. The summed E-state index contributed by atoms with van der Waals surface area (Å²) in [7, 11) is 0. The van der Waals surface area contributed by atoms with Gasteiger partial charge in [-0.15, -0.1) is 10.2 Å². The third-order valence-corrected chi connectivity index (χ3v) is 3.42. The molecule has 19 heavy (non-hydrogen) atoms. The van der Waals surface area contributed by atoms with Crippen LogP contribution in [-0.2, 0) is 0 Å². The highest BCUT2D eigenvalue weighted by molar-refractivity contribution is 5.34. The van der Waals surface area contributed by atoms with Gasteiger partial charge < -0.3 is 5.32 Å². The van der Waals surface area contributed by atoms with E-state index in [1.54, 1.807) is 4.57 Å². The minimum atomic E-state index is -0.862. The second-order valence-electron chi connectivity index (χ2n) is 4.70. The van der Waals surface area contributed by atoms with E-state index in [4.69, 9.17) is 0 Å². The largest absolute Gasteiger partial charge is 0.316 e. The van der Waals surface area contributed by atoms with Gasteiger partial charge in [-0.25, -0.2) is 8.78 Å². The summed E-state index contributed by atoms with van der Waals surface area (Å²) in [5, 5.41) is 11.3. The van der Waals surface area contributed by atoms with Gasteiger partial charge in [0, 0.05) is 18.5 Å². The number of hydrogen-bond donors (Lipinski definition) is 1. The molecule has 1 atom stereocenters. The molecule has 2 aromatic rings. The Bertz CT molecular complexity index is 576. The molecule has 1 N–H and O–H groups in total. The normalized spacial score (nSPS) is 19.6. The highest BCUT2D eigenvalue weighted by Gasteiger charge is 2.21. The van der Waals surface area contributed by atoms with Crippen LogP contribution in [0.4, 0.5) is 8.78 Å². The fraction of sp³-hybridized carbons (Fsp3) is 0.385. The molecule has 1 aromatic heterocycles. The number of hydrogen-bond acceptors (Lipinski definition) is 3. The number of aromatic nitrogens is 3. The van der Waals surface area contributed by atoms with Crippen molar-refractivity contribution in [3.05, 3.63) is 42.0 Å². The maximum atomic E-state index is 13.3. The molecule has 0 aliphatic carbocycles. The van der Waals surface area contributed by atoms with E-state index in [2.05, 4.69) is 15.5 Å². The van der Waals surface area contributed by atoms with Crippen molar-refractivity contribution in [1.29, 1.82) is 0 Å². The van der Waals surface area contributed by atoms with Crippen LogP contribution >= 0.6 is 0 Å². The van der Waals surface area contributed by atoms with Crippen molar-refractivity contribution in [3.8, 4) is 5.69 Å². The van der Waals surface area contributed by atoms with E-state index >= 15 is 0 Å². The van der Waals surface area contributed by atoms with Crippen LogP contribution < -0.4 is 5.32 Å². The van der Waals surface area contributed by atoms with Crippen molar-refractivity contribution >= 4 is 0 Å². The average Bonchev–Trinajstić information content (AvgIpc) is 2.92. The first-order valence-electron chi connectivity index (χ1n) is 6.32. The van der Waals surface area contributed by atoms with Gasteiger partial charge in [0.15, 0.2) is 11.6 Å². The summed E-state index contributed by atoms with van der Waals surface area (Å²) in [6, 6.07) is 3.81. The lowest BCUT2D eigenvalue weighted by atomic mass is 9.99. The van der Waals surface area contributed by atoms with Crippen LogP contribution in [0.5, 0.6) is 0 Å². The molecule has 0 bridgehead atoms. The monoisotopic (exact) mass is 264 g/mol. The van der Waals surface area contributed by atoms with E-state index in [9.17, 15) is 8.78 Å². The molecule has 1 fully saturated rings. The molecular weight excluding hydrogens is 250 g/mol.